The smallest absolute Gasteiger partial charge is 0.196 e. The van der Waals surface area contributed by atoms with Crippen LogP contribution in [0.4, 0.5) is 0 Å². The quantitative estimate of drug-likeness (QED) is 0.131. The van der Waals surface area contributed by atoms with Gasteiger partial charge < -0.3 is 19.1 Å². The Kier molecular flexibility index (Phi) is 8.09. The minimum absolute atomic E-state index is 0.159. The first kappa shape index (κ1) is 29.4. The second kappa shape index (κ2) is 12.1. The van der Waals surface area contributed by atoms with Gasteiger partial charge in [-0.25, -0.2) is 4.98 Å². The molecule has 2 atom stereocenters. The number of fused-ring (bicyclic) bond motifs is 1. The molecule has 0 aliphatic heterocycles. The number of hydrogen-bond acceptors (Lipinski definition) is 4. The highest BCUT2D eigenvalue weighted by molar-refractivity contribution is 5.85. The Balaban J connectivity index is 1.51. The van der Waals surface area contributed by atoms with Gasteiger partial charge in [-0.3, -0.25) is 0 Å². The Bertz CT molecular complexity index is 1740. The third kappa shape index (κ3) is 5.08. The zero-order chi connectivity index (χ0) is 30.7. The molecule has 222 valence electrons. The number of aromatic nitrogens is 2. The molecule has 0 aliphatic rings. The van der Waals surface area contributed by atoms with Gasteiger partial charge in [0.2, 0.25) is 0 Å². The SMILES string of the molecule is COC(C)Oc1ccc2cc(C(O)(c3cn(C(c4ccccc4)(c4ccccc4)c4ccccc4)cn3)C(C)C)ccc2c1. The van der Waals surface area contributed by atoms with Crippen molar-refractivity contribution in [3.63, 3.8) is 0 Å². The second-order valence-corrected chi connectivity index (χ2v) is 11.5. The van der Waals surface area contributed by atoms with E-state index in [0.29, 0.717) is 5.69 Å². The van der Waals surface area contributed by atoms with Crippen molar-refractivity contribution in [2.45, 2.75) is 38.2 Å². The maximum atomic E-state index is 12.6. The summed E-state index contributed by atoms with van der Waals surface area (Å²) in [6.07, 6.45) is 3.53. The number of nitrogens with zero attached hydrogens (tertiary/aromatic N) is 2. The van der Waals surface area contributed by atoms with E-state index in [1.807, 2.05) is 81.8 Å². The van der Waals surface area contributed by atoms with Gasteiger partial charge in [0.25, 0.3) is 0 Å². The molecular weight excluding hydrogens is 544 g/mol. The van der Waals surface area contributed by atoms with Crippen molar-refractivity contribution in [1.29, 1.82) is 0 Å². The lowest BCUT2D eigenvalue weighted by Crippen LogP contribution is -2.37. The van der Waals surface area contributed by atoms with Gasteiger partial charge in [0.05, 0.1) is 12.0 Å². The van der Waals surface area contributed by atoms with Crippen molar-refractivity contribution >= 4 is 10.8 Å². The fourth-order valence-electron chi connectivity index (χ4n) is 6.24. The Hall–Kier alpha value is -4.71. The maximum Gasteiger partial charge on any atom is 0.196 e. The predicted octanol–water partition coefficient (Wildman–Crippen LogP) is 8.14. The Morgan fingerprint density at radius 1 is 0.659 bits per heavy atom. The molecule has 0 radical (unpaired) electrons. The lowest BCUT2D eigenvalue weighted by Gasteiger charge is -2.37. The van der Waals surface area contributed by atoms with Crippen molar-refractivity contribution in [2.24, 2.45) is 5.92 Å². The number of aliphatic hydroxyl groups is 1. The van der Waals surface area contributed by atoms with Crippen LogP contribution < -0.4 is 4.74 Å². The van der Waals surface area contributed by atoms with E-state index in [1.54, 1.807) is 7.11 Å². The van der Waals surface area contributed by atoms with Crippen molar-refractivity contribution in [3.05, 3.63) is 168 Å². The average molecular weight is 583 g/mol. The summed E-state index contributed by atoms with van der Waals surface area (Å²) in [6.45, 7) is 5.92. The fourth-order valence-corrected chi connectivity index (χ4v) is 6.24. The van der Waals surface area contributed by atoms with E-state index in [-0.39, 0.29) is 12.2 Å². The summed E-state index contributed by atoms with van der Waals surface area (Å²) in [5.74, 6) is 0.574. The molecule has 6 aromatic rings. The van der Waals surface area contributed by atoms with Crippen LogP contribution in [0.2, 0.25) is 0 Å². The summed E-state index contributed by atoms with van der Waals surface area (Å²) in [5.41, 5.74) is 2.62. The van der Waals surface area contributed by atoms with Gasteiger partial charge in [0.15, 0.2) is 6.29 Å². The largest absolute Gasteiger partial charge is 0.465 e. The summed E-state index contributed by atoms with van der Waals surface area (Å²) in [6, 6.07) is 43.5. The van der Waals surface area contributed by atoms with E-state index in [1.165, 1.54) is 0 Å². The maximum absolute atomic E-state index is 12.6. The topological polar surface area (TPSA) is 56.5 Å². The molecule has 5 nitrogen and oxygen atoms in total. The number of benzene rings is 5. The molecule has 5 aromatic carbocycles. The molecule has 0 saturated heterocycles. The number of imidazole rings is 1. The van der Waals surface area contributed by atoms with Crippen molar-refractivity contribution in [2.75, 3.05) is 7.11 Å². The molecule has 44 heavy (non-hydrogen) atoms. The highest BCUT2D eigenvalue weighted by atomic mass is 16.7. The predicted molar refractivity (Wildman–Crippen MR) is 176 cm³/mol. The normalized spacial score (nSPS) is 14.0. The van der Waals surface area contributed by atoms with E-state index >= 15 is 0 Å². The monoisotopic (exact) mass is 582 g/mol. The summed E-state index contributed by atoms with van der Waals surface area (Å²) >= 11 is 0. The van der Waals surface area contributed by atoms with E-state index in [9.17, 15) is 5.11 Å². The summed E-state index contributed by atoms with van der Waals surface area (Å²) in [4.78, 5) is 4.94. The van der Waals surface area contributed by atoms with E-state index in [2.05, 4.69) is 83.4 Å². The van der Waals surface area contributed by atoms with Crippen molar-refractivity contribution < 1.29 is 14.6 Å². The molecular formula is C39H38N2O3. The number of methoxy groups -OCH3 is 1. The van der Waals surface area contributed by atoms with Crippen LogP contribution in [0.1, 0.15) is 48.7 Å². The van der Waals surface area contributed by atoms with Crippen LogP contribution in [0.3, 0.4) is 0 Å². The highest BCUT2D eigenvalue weighted by Crippen LogP contribution is 2.43. The van der Waals surface area contributed by atoms with Crippen LogP contribution in [-0.4, -0.2) is 28.1 Å². The van der Waals surface area contributed by atoms with Gasteiger partial charge in [0, 0.05) is 13.3 Å². The summed E-state index contributed by atoms with van der Waals surface area (Å²) < 4.78 is 13.2. The third-order valence-electron chi connectivity index (χ3n) is 8.66. The first-order valence-electron chi connectivity index (χ1n) is 15.0. The molecule has 0 bridgehead atoms. The van der Waals surface area contributed by atoms with Gasteiger partial charge in [-0.05, 0) is 64.1 Å². The van der Waals surface area contributed by atoms with Gasteiger partial charge in [-0.1, -0.05) is 123 Å². The standard InChI is InChI=1S/C39H38N2O3/c1-28(2)39(42,35-22-20-31-25-36(44-29(3)43-4)23-21-30(31)24-35)37-26-41(27-40-37)38(32-14-8-5-9-15-32,33-16-10-6-11-17-33)34-18-12-7-13-19-34/h5-29,42H,1-4H3. The van der Waals surface area contributed by atoms with Crippen molar-refractivity contribution in [1.82, 2.24) is 9.55 Å². The molecule has 0 amide bonds. The molecule has 1 aromatic heterocycles. The first-order valence-corrected chi connectivity index (χ1v) is 15.0. The van der Waals surface area contributed by atoms with E-state index in [0.717, 1.165) is 38.8 Å². The van der Waals surface area contributed by atoms with Crippen LogP contribution in [0, 0.1) is 5.92 Å². The molecule has 0 aliphatic carbocycles. The fraction of sp³-hybridized carbons (Fsp3) is 0.205. The lowest BCUT2D eigenvalue weighted by molar-refractivity contribution is -0.0381. The Morgan fingerprint density at radius 2 is 1.18 bits per heavy atom. The lowest BCUT2D eigenvalue weighted by atomic mass is 9.76. The van der Waals surface area contributed by atoms with Gasteiger partial charge in [-0.15, -0.1) is 0 Å². The van der Waals surface area contributed by atoms with E-state index in [4.69, 9.17) is 14.5 Å². The number of rotatable bonds is 10. The molecule has 2 unspecified atom stereocenters. The van der Waals surface area contributed by atoms with Crippen LogP contribution in [-0.2, 0) is 15.9 Å². The minimum Gasteiger partial charge on any atom is -0.465 e. The third-order valence-corrected chi connectivity index (χ3v) is 8.66. The Labute approximate surface area is 259 Å². The van der Waals surface area contributed by atoms with Crippen LogP contribution in [0.5, 0.6) is 5.75 Å². The van der Waals surface area contributed by atoms with Crippen molar-refractivity contribution in [3.8, 4) is 5.75 Å². The van der Waals surface area contributed by atoms with Crippen LogP contribution in [0.25, 0.3) is 10.8 Å². The van der Waals surface area contributed by atoms with Gasteiger partial charge in [-0.2, -0.15) is 0 Å². The zero-order valence-corrected chi connectivity index (χ0v) is 25.6. The molecule has 0 fully saturated rings. The number of hydrogen-bond donors (Lipinski definition) is 1. The second-order valence-electron chi connectivity index (χ2n) is 11.5. The molecule has 0 saturated carbocycles. The molecule has 1 N–H and O–H groups in total. The van der Waals surface area contributed by atoms with Gasteiger partial charge >= 0.3 is 0 Å². The average Bonchev–Trinajstić information content (AvgIpc) is 3.57. The molecule has 5 heteroatoms. The molecule has 1 heterocycles. The summed E-state index contributed by atoms with van der Waals surface area (Å²) in [5, 5.41) is 14.6. The Morgan fingerprint density at radius 3 is 1.70 bits per heavy atom. The number of ether oxygens (including phenoxy) is 2. The molecule has 6 rings (SSSR count). The van der Waals surface area contributed by atoms with Crippen LogP contribution >= 0.6 is 0 Å². The molecule has 0 spiro atoms. The highest BCUT2D eigenvalue weighted by Gasteiger charge is 2.42. The zero-order valence-electron chi connectivity index (χ0n) is 25.6. The first-order chi connectivity index (χ1) is 21.4. The minimum atomic E-state index is -1.34. The summed E-state index contributed by atoms with van der Waals surface area (Å²) in [7, 11) is 1.62. The van der Waals surface area contributed by atoms with E-state index < -0.39 is 11.1 Å². The van der Waals surface area contributed by atoms with Crippen LogP contribution in [0.15, 0.2) is 140 Å². The van der Waals surface area contributed by atoms with Gasteiger partial charge in [0.1, 0.15) is 16.9 Å².